The fourth-order valence-electron chi connectivity index (χ4n) is 2.95. The Morgan fingerprint density at radius 1 is 0.815 bits per heavy atom. The standard InChI is InChI=1S/C24H19NOS/c1-17-12-14-20(15-13-17)25-24-22(19-10-6-3-7-11-19)23(26)21(27-24)16-18-8-4-2-5-9-18/h2-16,25H,1H3/b21-16-. The molecular weight excluding hydrogens is 350 g/mol. The monoisotopic (exact) mass is 369 g/mol. The van der Waals surface area contributed by atoms with Crippen LogP contribution < -0.4 is 5.32 Å². The molecule has 0 bridgehead atoms. The van der Waals surface area contributed by atoms with E-state index in [4.69, 9.17) is 0 Å². The van der Waals surface area contributed by atoms with Crippen LogP contribution in [0, 0.1) is 6.92 Å². The largest absolute Gasteiger partial charge is 0.349 e. The van der Waals surface area contributed by atoms with Gasteiger partial charge in [0.25, 0.3) is 0 Å². The second-order valence-electron chi connectivity index (χ2n) is 6.41. The average molecular weight is 369 g/mol. The number of rotatable bonds is 4. The van der Waals surface area contributed by atoms with Crippen molar-refractivity contribution in [1.29, 1.82) is 0 Å². The molecule has 0 radical (unpaired) electrons. The summed E-state index contributed by atoms with van der Waals surface area (Å²) in [6.45, 7) is 2.06. The van der Waals surface area contributed by atoms with E-state index in [0.717, 1.165) is 32.3 Å². The lowest BCUT2D eigenvalue weighted by molar-refractivity contribution is -0.109. The maximum absolute atomic E-state index is 13.2. The summed E-state index contributed by atoms with van der Waals surface area (Å²) >= 11 is 1.50. The Kier molecular flexibility index (Phi) is 4.95. The van der Waals surface area contributed by atoms with E-state index in [-0.39, 0.29) is 5.78 Å². The number of benzene rings is 3. The summed E-state index contributed by atoms with van der Waals surface area (Å²) in [5.41, 5.74) is 4.87. The molecule has 3 aromatic carbocycles. The highest BCUT2D eigenvalue weighted by Crippen LogP contribution is 2.43. The van der Waals surface area contributed by atoms with E-state index >= 15 is 0 Å². The van der Waals surface area contributed by atoms with E-state index in [2.05, 4.69) is 24.4 Å². The van der Waals surface area contributed by atoms with Crippen LogP contribution >= 0.6 is 11.8 Å². The van der Waals surface area contributed by atoms with Gasteiger partial charge in [-0.05, 0) is 36.3 Å². The summed E-state index contributed by atoms with van der Waals surface area (Å²) in [5.74, 6) is 0.0599. The third-order valence-corrected chi connectivity index (χ3v) is 5.39. The first kappa shape index (κ1) is 17.4. The van der Waals surface area contributed by atoms with E-state index in [1.165, 1.54) is 17.3 Å². The maximum atomic E-state index is 13.2. The Morgan fingerprint density at radius 2 is 1.44 bits per heavy atom. The third kappa shape index (κ3) is 3.88. The van der Waals surface area contributed by atoms with Crippen molar-refractivity contribution in [1.82, 2.24) is 0 Å². The van der Waals surface area contributed by atoms with Gasteiger partial charge >= 0.3 is 0 Å². The number of aryl methyl sites for hydroxylation is 1. The summed E-state index contributed by atoms with van der Waals surface area (Å²) in [7, 11) is 0. The topological polar surface area (TPSA) is 29.1 Å². The van der Waals surface area contributed by atoms with Crippen molar-refractivity contribution in [2.75, 3.05) is 5.32 Å². The van der Waals surface area contributed by atoms with Gasteiger partial charge in [-0.1, -0.05) is 90.1 Å². The number of hydrogen-bond acceptors (Lipinski definition) is 3. The van der Waals surface area contributed by atoms with Crippen LogP contribution in [0.4, 0.5) is 5.69 Å². The van der Waals surface area contributed by atoms with Crippen LogP contribution in [0.25, 0.3) is 11.6 Å². The van der Waals surface area contributed by atoms with Crippen molar-refractivity contribution in [3.8, 4) is 0 Å². The summed E-state index contributed by atoms with van der Waals surface area (Å²) in [6.07, 6.45) is 1.96. The fourth-order valence-corrected chi connectivity index (χ4v) is 4.04. The Balaban J connectivity index is 1.73. The molecule has 3 aromatic rings. The van der Waals surface area contributed by atoms with Gasteiger partial charge in [0.2, 0.25) is 5.78 Å². The first-order chi connectivity index (χ1) is 13.2. The highest BCUT2D eigenvalue weighted by Gasteiger charge is 2.30. The quantitative estimate of drug-likeness (QED) is 0.561. The van der Waals surface area contributed by atoms with E-state index in [0.29, 0.717) is 0 Å². The van der Waals surface area contributed by atoms with Crippen molar-refractivity contribution in [2.45, 2.75) is 6.92 Å². The number of carbonyl (C=O) groups is 1. The minimum atomic E-state index is 0.0599. The number of Topliss-reactive ketones (excluding diaryl/α,β-unsaturated/α-hetero) is 1. The molecule has 0 amide bonds. The SMILES string of the molecule is Cc1ccc(NC2=C(c3ccccc3)C(=O)/C(=C/c3ccccc3)S2)cc1. The molecule has 1 heterocycles. The molecule has 132 valence electrons. The number of hydrogen-bond donors (Lipinski definition) is 1. The Morgan fingerprint density at radius 3 is 2.11 bits per heavy atom. The van der Waals surface area contributed by atoms with Crippen LogP contribution in [-0.2, 0) is 4.79 Å². The molecule has 1 N–H and O–H groups in total. The van der Waals surface area contributed by atoms with Gasteiger partial charge in [-0.2, -0.15) is 0 Å². The summed E-state index contributed by atoms with van der Waals surface area (Å²) in [6, 6.07) is 28.0. The zero-order valence-electron chi connectivity index (χ0n) is 15.0. The van der Waals surface area contributed by atoms with Crippen molar-refractivity contribution in [2.24, 2.45) is 0 Å². The molecule has 1 aliphatic rings. The number of anilines is 1. The fraction of sp³-hybridized carbons (Fsp3) is 0.0417. The first-order valence-electron chi connectivity index (χ1n) is 8.83. The van der Waals surface area contributed by atoms with Gasteiger partial charge in [0.15, 0.2) is 0 Å². The van der Waals surface area contributed by atoms with Crippen LogP contribution in [0.15, 0.2) is 94.9 Å². The van der Waals surface area contributed by atoms with E-state index < -0.39 is 0 Å². The average Bonchev–Trinajstić information content (AvgIpc) is 3.00. The predicted molar refractivity (Wildman–Crippen MR) is 115 cm³/mol. The molecule has 4 rings (SSSR count). The number of allylic oxidation sites excluding steroid dienone is 2. The number of carbonyl (C=O) groups excluding carboxylic acids is 1. The van der Waals surface area contributed by atoms with Crippen LogP contribution in [0.3, 0.4) is 0 Å². The number of ketones is 1. The zero-order chi connectivity index (χ0) is 18.6. The highest BCUT2D eigenvalue weighted by molar-refractivity contribution is 8.08. The second-order valence-corrected chi connectivity index (χ2v) is 7.46. The molecule has 0 aromatic heterocycles. The third-order valence-electron chi connectivity index (χ3n) is 4.36. The molecular formula is C24H19NOS. The Hall–Kier alpha value is -3.04. The lowest BCUT2D eigenvalue weighted by Gasteiger charge is -2.09. The van der Waals surface area contributed by atoms with Gasteiger partial charge in [0, 0.05) is 5.69 Å². The molecule has 0 saturated heterocycles. The molecule has 0 fully saturated rings. The maximum Gasteiger partial charge on any atom is 0.203 e. The van der Waals surface area contributed by atoms with Gasteiger partial charge in [0.05, 0.1) is 15.5 Å². The van der Waals surface area contributed by atoms with Crippen molar-refractivity contribution >= 4 is 34.9 Å². The summed E-state index contributed by atoms with van der Waals surface area (Å²) in [4.78, 5) is 13.9. The molecule has 3 heteroatoms. The van der Waals surface area contributed by atoms with Gasteiger partial charge in [0.1, 0.15) is 0 Å². The minimum Gasteiger partial charge on any atom is -0.349 e. The van der Waals surface area contributed by atoms with Gasteiger partial charge in [-0.15, -0.1) is 0 Å². The second kappa shape index (κ2) is 7.68. The first-order valence-corrected chi connectivity index (χ1v) is 9.65. The predicted octanol–water partition coefficient (Wildman–Crippen LogP) is 6.13. The molecule has 1 aliphatic heterocycles. The summed E-state index contributed by atoms with van der Waals surface area (Å²) in [5, 5.41) is 4.32. The van der Waals surface area contributed by atoms with Gasteiger partial charge < -0.3 is 5.32 Å². The molecule has 2 nitrogen and oxygen atoms in total. The number of nitrogens with one attached hydrogen (secondary N) is 1. The Labute approximate surface area is 163 Å². The molecule has 0 unspecified atom stereocenters. The molecule has 27 heavy (non-hydrogen) atoms. The van der Waals surface area contributed by atoms with Crippen molar-refractivity contribution in [3.05, 3.63) is 112 Å². The van der Waals surface area contributed by atoms with Gasteiger partial charge in [-0.25, -0.2) is 0 Å². The highest BCUT2D eigenvalue weighted by atomic mass is 32.2. The zero-order valence-corrected chi connectivity index (χ0v) is 15.8. The van der Waals surface area contributed by atoms with Crippen LogP contribution in [0.2, 0.25) is 0 Å². The number of thioether (sulfide) groups is 1. The lowest BCUT2D eigenvalue weighted by Crippen LogP contribution is -2.01. The summed E-state index contributed by atoms with van der Waals surface area (Å²) < 4.78 is 0. The van der Waals surface area contributed by atoms with E-state index in [9.17, 15) is 4.79 Å². The van der Waals surface area contributed by atoms with Crippen molar-refractivity contribution < 1.29 is 4.79 Å². The molecule has 0 saturated carbocycles. The van der Waals surface area contributed by atoms with Crippen LogP contribution in [0.5, 0.6) is 0 Å². The Bertz CT molecular complexity index is 1020. The van der Waals surface area contributed by atoms with Crippen LogP contribution in [0.1, 0.15) is 16.7 Å². The molecule has 0 spiro atoms. The normalized spacial score (nSPS) is 15.4. The molecule has 0 atom stereocenters. The van der Waals surface area contributed by atoms with E-state index in [1.807, 2.05) is 78.9 Å². The van der Waals surface area contributed by atoms with Gasteiger partial charge in [-0.3, -0.25) is 4.79 Å². The lowest BCUT2D eigenvalue weighted by atomic mass is 10.0. The minimum absolute atomic E-state index is 0.0599. The van der Waals surface area contributed by atoms with E-state index in [1.54, 1.807) is 0 Å². The molecule has 0 aliphatic carbocycles. The van der Waals surface area contributed by atoms with Crippen molar-refractivity contribution in [3.63, 3.8) is 0 Å². The smallest absolute Gasteiger partial charge is 0.203 e. The van der Waals surface area contributed by atoms with Crippen LogP contribution in [-0.4, -0.2) is 5.78 Å².